The molecule has 0 fully saturated rings. The minimum atomic E-state index is 0.0716. The van der Waals surface area contributed by atoms with E-state index >= 15 is 0 Å². The molecule has 0 aliphatic heterocycles. The standard InChI is InChI=1S/C11H10OS2/c1-11(2)6-3-4-13-9(6)10-7(11)5-8(12)14-10/h3-5,12H,1-2H3. The molecule has 0 saturated carbocycles. The van der Waals surface area contributed by atoms with E-state index in [9.17, 15) is 5.11 Å². The highest BCUT2D eigenvalue weighted by molar-refractivity contribution is 7.22. The minimum absolute atomic E-state index is 0.0716. The Morgan fingerprint density at radius 3 is 2.79 bits per heavy atom. The van der Waals surface area contributed by atoms with Gasteiger partial charge in [-0.05, 0) is 28.6 Å². The molecule has 0 aromatic carbocycles. The molecule has 1 aliphatic rings. The van der Waals surface area contributed by atoms with Gasteiger partial charge in [0.15, 0.2) is 5.06 Å². The van der Waals surface area contributed by atoms with Crippen LogP contribution in [0, 0.1) is 0 Å². The lowest BCUT2D eigenvalue weighted by Crippen LogP contribution is -2.13. The Hall–Kier alpha value is -0.800. The molecule has 0 amide bonds. The molecule has 2 heterocycles. The van der Waals surface area contributed by atoms with Crippen LogP contribution in [0.1, 0.15) is 25.0 Å². The monoisotopic (exact) mass is 222 g/mol. The second-order valence-electron chi connectivity index (χ2n) is 4.12. The molecule has 0 saturated heterocycles. The fourth-order valence-electron chi connectivity index (χ4n) is 2.13. The maximum Gasteiger partial charge on any atom is 0.172 e. The van der Waals surface area contributed by atoms with Crippen molar-refractivity contribution in [2.45, 2.75) is 19.3 Å². The summed E-state index contributed by atoms with van der Waals surface area (Å²) < 4.78 is 0. The van der Waals surface area contributed by atoms with Crippen molar-refractivity contribution in [3.05, 3.63) is 28.6 Å². The van der Waals surface area contributed by atoms with Crippen LogP contribution in [0.5, 0.6) is 5.06 Å². The Morgan fingerprint density at radius 1 is 1.21 bits per heavy atom. The van der Waals surface area contributed by atoms with Crippen LogP contribution in [0.25, 0.3) is 9.75 Å². The molecule has 0 bridgehead atoms. The van der Waals surface area contributed by atoms with E-state index in [1.54, 1.807) is 11.3 Å². The van der Waals surface area contributed by atoms with Gasteiger partial charge < -0.3 is 5.11 Å². The Bertz CT molecular complexity index is 505. The summed E-state index contributed by atoms with van der Waals surface area (Å²) in [7, 11) is 0. The molecule has 72 valence electrons. The summed E-state index contributed by atoms with van der Waals surface area (Å²) in [6, 6.07) is 4.11. The zero-order valence-corrected chi connectivity index (χ0v) is 9.63. The Kier molecular flexibility index (Phi) is 1.46. The number of fused-ring (bicyclic) bond motifs is 3. The van der Waals surface area contributed by atoms with Crippen LogP contribution in [0.3, 0.4) is 0 Å². The van der Waals surface area contributed by atoms with Crippen LogP contribution >= 0.6 is 22.7 Å². The lowest BCUT2D eigenvalue weighted by Gasteiger charge is -2.18. The van der Waals surface area contributed by atoms with Crippen molar-refractivity contribution >= 4 is 22.7 Å². The van der Waals surface area contributed by atoms with Crippen molar-refractivity contribution in [1.29, 1.82) is 0 Å². The third-order valence-electron chi connectivity index (χ3n) is 2.94. The molecule has 3 rings (SSSR count). The fourth-order valence-corrected chi connectivity index (χ4v) is 4.42. The number of rotatable bonds is 0. The summed E-state index contributed by atoms with van der Waals surface area (Å²) >= 11 is 3.26. The highest BCUT2D eigenvalue weighted by Gasteiger charge is 2.38. The first-order valence-corrected chi connectivity index (χ1v) is 6.22. The van der Waals surface area contributed by atoms with Gasteiger partial charge >= 0.3 is 0 Å². The maximum absolute atomic E-state index is 9.52. The zero-order valence-electron chi connectivity index (χ0n) is 8.00. The van der Waals surface area contributed by atoms with Crippen LogP contribution in [-0.4, -0.2) is 5.11 Å². The second kappa shape index (κ2) is 2.41. The first kappa shape index (κ1) is 8.50. The molecule has 1 N–H and O–H groups in total. The Labute approximate surface area is 90.7 Å². The van der Waals surface area contributed by atoms with E-state index in [1.165, 1.54) is 32.2 Å². The van der Waals surface area contributed by atoms with Gasteiger partial charge in [-0.2, -0.15) is 0 Å². The van der Waals surface area contributed by atoms with Crippen molar-refractivity contribution < 1.29 is 5.11 Å². The molecule has 0 atom stereocenters. The molecular formula is C11H10OS2. The van der Waals surface area contributed by atoms with Crippen LogP contribution in [-0.2, 0) is 5.41 Å². The van der Waals surface area contributed by atoms with E-state index in [4.69, 9.17) is 0 Å². The predicted octanol–water partition coefficient (Wildman–Crippen LogP) is 3.82. The topological polar surface area (TPSA) is 20.2 Å². The zero-order chi connectivity index (χ0) is 9.92. The van der Waals surface area contributed by atoms with Crippen LogP contribution in [0.4, 0.5) is 0 Å². The smallest absolute Gasteiger partial charge is 0.172 e. The van der Waals surface area contributed by atoms with Gasteiger partial charge in [0.05, 0.1) is 4.88 Å². The van der Waals surface area contributed by atoms with Crippen molar-refractivity contribution in [2.75, 3.05) is 0 Å². The molecule has 0 radical (unpaired) electrons. The molecule has 1 nitrogen and oxygen atoms in total. The fraction of sp³-hybridized carbons (Fsp3) is 0.273. The van der Waals surface area contributed by atoms with E-state index in [2.05, 4.69) is 25.3 Å². The van der Waals surface area contributed by atoms with Crippen LogP contribution in [0.15, 0.2) is 17.5 Å². The van der Waals surface area contributed by atoms with E-state index in [0.717, 1.165) is 0 Å². The van der Waals surface area contributed by atoms with Gasteiger partial charge in [0.1, 0.15) is 0 Å². The average Bonchev–Trinajstić information content (AvgIpc) is 2.70. The third-order valence-corrected chi connectivity index (χ3v) is 4.95. The van der Waals surface area contributed by atoms with Gasteiger partial charge in [-0.25, -0.2) is 0 Å². The number of thiophene rings is 2. The first-order valence-electron chi connectivity index (χ1n) is 4.52. The molecule has 1 aliphatic carbocycles. The largest absolute Gasteiger partial charge is 0.499 e. The van der Waals surface area contributed by atoms with Gasteiger partial charge in [-0.1, -0.05) is 25.2 Å². The summed E-state index contributed by atoms with van der Waals surface area (Å²) in [5, 5.41) is 12.1. The molecule has 2 aromatic rings. The molecule has 2 aromatic heterocycles. The summed E-state index contributed by atoms with van der Waals surface area (Å²) in [5.41, 5.74) is 2.76. The maximum atomic E-state index is 9.52. The van der Waals surface area contributed by atoms with E-state index < -0.39 is 0 Å². The molecule has 0 unspecified atom stereocenters. The normalized spacial score (nSPS) is 16.7. The van der Waals surface area contributed by atoms with Crippen LogP contribution < -0.4 is 0 Å². The van der Waals surface area contributed by atoms with E-state index in [0.29, 0.717) is 5.06 Å². The Morgan fingerprint density at radius 2 is 2.00 bits per heavy atom. The summed E-state index contributed by atoms with van der Waals surface area (Å²) in [4.78, 5) is 2.60. The van der Waals surface area contributed by atoms with Crippen LogP contribution in [0.2, 0.25) is 0 Å². The van der Waals surface area contributed by atoms with Crippen molar-refractivity contribution in [1.82, 2.24) is 0 Å². The van der Waals surface area contributed by atoms with Gasteiger partial charge in [-0.15, -0.1) is 11.3 Å². The van der Waals surface area contributed by atoms with Crippen molar-refractivity contribution in [2.24, 2.45) is 0 Å². The molecule has 14 heavy (non-hydrogen) atoms. The van der Waals surface area contributed by atoms with E-state index in [1.807, 2.05) is 6.07 Å². The molecular weight excluding hydrogens is 212 g/mol. The SMILES string of the molecule is CC1(C)c2ccsc2-c2sc(O)cc21. The van der Waals surface area contributed by atoms with Crippen molar-refractivity contribution in [3.8, 4) is 14.8 Å². The number of aromatic hydroxyl groups is 1. The average molecular weight is 222 g/mol. The van der Waals surface area contributed by atoms with Gasteiger partial charge in [0, 0.05) is 10.3 Å². The predicted molar refractivity (Wildman–Crippen MR) is 61.4 cm³/mol. The third kappa shape index (κ3) is 0.842. The number of hydrogen-bond acceptors (Lipinski definition) is 3. The van der Waals surface area contributed by atoms with Gasteiger partial charge in [0.2, 0.25) is 0 Å². The van der Waals surface area contributed by atoms with Crippen molar-refractivity contribution in [3.63, 3.8) is 0 Å². The quantitative estimate of drug-likeness (QED) is 0.718. The summed E-state index contributed by atoms with van der Waals surface area (Å²) in [6.45, 7) is 4.44. The first-order chi connectivity index (χ1) is 6.60. The Balaban J connectivity index is 2.40. The van der Waals surface area contributed by atoms with E-state index in [-0.39, 0.29) is 5.41 Å². The highest BCUT2D eigenvalue weighted by Crippen LogP contribution is 2.55. The molecule has 3 heteroatoms. The summed E-state index contributed by atoms with van der Waals surface area (Å²) in [5.74, 6) is 0. The number of hydrogen-bond donors (Lipinski definition) is 1. The van der Waals surface area contributed by atoms with Gasteiger partial charge in [-0.3, -0.25) is 0 Å². The summed E-state index contributed by atoms with van der Waals surface area (Å²) in [6.07, 6.45) is 0. The lowest BCUT2D eigenvalue weighted by atomic mass is 9.84. The molecule has 0 spiro atoms. The lowest BCUT2D eigenvalue weighted by molar-refractivity contribution is 0.489. The van der Waals surface area contributed by atoms with Gasteiger partial charge in [0.25, 0.3) is 0 Å². The highest BCUT2D eigenvalue weighted by atomic mass is 32.1. The minimum Gasteiger partial charge on any atom is -0.499 e. The second-order valence-corrected chi connectivity index (χ2v) is 6.06.